The number of aromatic nitrogens is 1. The van der Waals surface area contributed by atoms with Crippen LogP contribution in [-0.4, -0.2) is 11.2 Å². The summed E-state index contributed by atoms with van der Waals surface area (Å²) in [6, 6.07) is 12.3. The van der Waals surface area contributed by atoms with Gasteiger partial charge in [0.25, 0.3) is 0 Å². The van der Waals surface area contributed by atoms with Crippen molar-refractivity contribution in [2.24, 2.45) is 0 Å². The lowest BCUT2D eigenvalue weighted by atomic mass is 10.0. The third-order valence-corrected chi connectivity index (χ3v) is 3.84. The molecule has 1 aromatic carbocycles. The molecule has 0 bridgehead atoms. The molecule has 1 aromatic heterocycles. The van der Waals surface area contributed by atoms with E-state index in [1.165, 1.54) is 16.0 Å². The standard InChI is InChI=1S/C14H14ClNS/c1-17-14-5-3-2-4-12(14)13(15)10-11-6-8-16-9-7-11/h2-9,13H,10H2,1H3. The molecule has 0 saturated carbocycles. The maximum absolute atomic E-state index is 6.49. The second-order valence-corrected chi connectivity index (χ2v) is 5.14. The molecule has 0 aliphatic carbocycles. The molecule has 0 radical (unpaired) electrons. The summed E-state index contributed by atoms with van der Waals surface area (Å²) in [6.07, 6.45) is 6.52. The Morgan fingerprint density at radius 1 is 1.18 bits per heavy atom. The van der Waals surface area contributed by atoms with Gasteiger partial charge >= 0.3 is 0 Å². The van der Waals surface area contributed by atoms with Gasteiger partial charge in [-0.05, 0) is 42.0 Å². The van der Waals surface area contributed by atoms with E-state index in [-0.39, 0.29) is 5.38 Å². The van der Waals surface area contributed by atoms with E-state index in [2.05, 4.69) is 23.4 Å². The second-order valence-electron chi connectivity index (χ2n) is 3.77. The van der Waals surface area contributed by atoms with Crippen molar-refractivity contribution in [3.05, 3.63) is 59.9 Å². The van der Waals surface area contributed by atoms with Gasteiger partial charge in [0, 0.05) is 17.3 Å². The fraction of sp³-hybridized carbons (Fsp3) is 0.214. The van der Waals surface area contributed by atoms with Crippen LogP contribution >= 0.6 is 23.4 Å². The van der Waals surface area contributed by atoms with Crippen molar-refractivity contribution in [2.45, 2.75) is 16.7 Å². The van der Waals surface area contributed by atoms with E-state index in [1.54, 1.807) is 24.2 Å². The van der Waals surface area contributed by atoms with Crippen molar-refractivity contribution in [1.82, 2.24) is 4.98 Å². The molecule has 2 aromatic rings. The van der Waals surface area contributed by atoms with Crippen molar-refractivity contribution in [2.75, 3.05) is 6.26 Å². The Labute approximate surface area is 111 Å². The van der Waals surface area contributed by atoms with Crippen LogP contribution in [0.15, 0.2) is 53.7 Å². The molecule has 1 atom stereocenters. The number of hydrogen-bond donors (Lipinski definition) is 0. The van der Waals surface area contributed by atoms with E-state index in [1.807, 2.05) is 24.3 Å². The van der Waals surface area contributed by atoms with Gasteiger partial charge in [-0.15, -0.1) is 23.4 Å². The van der Waals surface area contributed by atoms with Gasteiger partial charge in [0.1, 0.15) is 0 Å². The Balaban J connectivity index is 2.17. The van der Waals surface area contributed by atoms with Crippen LogP contribution in [0.4, 0.5) is 0 Å². The maximum atomic E-state index is 6.49. The topological polar surface area (TPSA) is 12.9 Å². The lowest BCUT2D eigenvalue weighted by molar-refractivity contribution is 0.894. The van der Waals surface area contributed by atoms with Crippen LogP contribution in [0.25, 0.3) is 0 Å². The number of rotatable bonds is 4. The van der Waals surface area contributed by atoms with Crippen molar-refractivity contribution in [3.63, 3.8) is 0 Å². The van der Waals surface area contributed by atoms with E-state index in [0.29, 0.717) is 0 Å². The zero-order valence-electron chi connectivity index (χ0n) is 9.64. The molecule has 0 spiro atoms. The van der Waals surface area contributed by atoms with Gasteiger partial charge in [0.2, 0.25) is 0 Å². The molecule has 0 saturated heterocycles. The minimum atomic E-state index is 0.0149. The van der Waals surface area contributed by atoms with Crippen LogP contribution in [0.2, 0.25) is 0 Å². The normalized spacial score (nSPS) is 12.4. The zero-order valence-corrected chi connectivity index (χ0v) is 11.2. The highest BCUT2D eigenvalue weighted by molar-refractivity contribution is 7.98. The fourth-order valence-corrected chi connectivity index (χ4v) is 2.85. The van der Waals surface area contributed by atoms with Gasteiger partial charge in [0.15, 0.2) is 0 Å². The van der Waals surface area contributed by atoms with Crippen LogP contribution in [-0.2, 0) is 6.42 Å². The van der Waals surface area contributed by atoms with Gasteiger partial charge in [-0.3, -0.25) is 4.98 Å². The molecular formula is C14H14ClNS. The molecule has 1 heterocycles. The van der Waals surface area contributed by atoms with Gasteiger partial charge in [0.05, 0.1) is 5.38 Å². The summed E-state index contributed by atoms with van der Waals surface area (Å²) in [5.41, 5.74) is 2.43. The number of nitrogens with zero attached hydrogens (tertiary/aromatic N) is 1. The van der Waals surface area contributed by atoms with E-state index in [9.17, 15) is 0 Å². The summed E-state index contributed by atoms with van der Waals surface area (Å²) in [5.74, 6) is 0. The smallest absolute Gasteiger partial charge is 0.0636 e. The van der Waals surface area contributed by atoms with Gasteiger partial charge in [-0.1, -0.05) is 18.2 Å². The Hall–Kier alpha value is -0.990. The summed E-state index contributed by atoms with van der Waals surface area (Å²) in [4.78, 5) is 5.26. The maximum Gasteiger partial charge on any atom is 0.0636 e. The number of benzene rings is 1. The van der Waals surface area contributed by atoms with Crippen LogP contribution in [0, 0.1) is 0 Å². The lowest BCUT2D eigenvalue weighted by Crippen LogP contribution is -1.97. The van der Waals surface area contributed by atoms with Gasteiger partial charge in [-0.25, -0.2) is 0 Å². The first-order chi connectivity index (χ1) is 8.31. The molecule has 0 N–H and O–H groups in total. The van der Waals surface area contributed by atoms with Crippen LogP contribution in [0.3, 0.4) is 0 Å². The third kappa shape index (κ3) is 3.24. The highest BCUT2D eigenvalue weighted by Gasteiger charge is 2.12. The van der Waals surface area contributed by atoms with Gasteiger partial charge in [-0.2, -0.15) is 0 Å². The highest BCUT2D eigenvalue weighted by Crippen LogP contribution is 2.32. The molecule has 3 heteroatoms. The largest absolute Gasteiger partial charge is 0.265 e. The third-order valence-electron chi connectivity index (χ3n) is 2.64. The van der Waals surface area contributed by atoms with Crippen LogP contribution in [0.1, 0.15) is 16.5 Å². The first kappa shape index (κ1) is 12.5. The number of pyridine rings is 1. The van der Waals surface area contributed by atoms with E-state index in [0.717, 1.165) is 6.42 Å². The number of halogens is 1. The number of thioether (sulfide) groups is 1. The predicted molar refractivity (Wildman–Crippen MR) is 74.8 cm³/mol. The summed E-state index contributed by atoms with van der Waals surface area (Å²) in [5, 5.41) is 0.0149. The predicted octanol–water partition coefficient (Wildman–Crippen LogP) is 4.33. The molecule has 0 aliphatic rings. The Bertz CT molecular complexity index is 473. The average molecular weight is 264 g/mol. The Morgan fingerprint density at radius 2 is 1.88 bits per heavy atom. The minimum absolute atomic E-state index is 0.0149. The molecule has 88 valence electrons. The fourth-order valence-electron chi connectivity index (χ4n) is 1.76. The van der Waals surface area contributed by atoms with Crippen molar-refractivity contribution < 1.29 is 0 Å². The SMILES string of the molecule is CSc1ccccc1C(Cl)Cc1ccncc1. The molecule has 0 fully saturated rings. The van der Waals surface area contributed by atoms with E-state index in [4.69, 9.17) is 11.6 Å². The minimum Gasteiger partial charge on any atom is -0.265 e. The lowest BCUT2D eigenvalue weighted by Gasteiger charge is -2.13. The van der Waals surface area contributed by atoms with Crippen molar-refractivity contribution >= 4 is 23.4 Å². The molecule has 1 nitrogen and oxygen atoms in total. The van der Waals surface area contributed by atoms with Crippen LogP contribution in [0.5, 0.6) is 0 Å². The number of alkyl halides is 1. The molecule has 17 heavy (non-hydrogen) atoms. The highest BCUT2D eigenvalue weighted by atomic mass is 35.5. The van der Waals surface area contributed by atoms with E-state index < -0.39 is 0 Å². The van der Waals surface area contributed by atoms with Crippen LogP contribution < -0.4 is 0 Å². The molecule has 0 aliphatic heterocycles. The second kappa shape index (κ2) is 6.08. The summed E-state index contributed by atoms with van der Waals surface area (Å²) >= 11 is 8.23. The Morgan fingerprint density at radius 3 is 2.59 bits per heavy atom. The first-order valence-electron chi connectivity index (χ1n) is 5.47. The molecule has 0 amide bonds. The molecular weight excluding hydrogens is 250 g/mol. The van der Waals surface area contributed by atoms with Crippen molar-refractivity contribution in [3.8, 4) is 0 Å². The molecule has 2 rings (SSSR count). The first-order valence-corrected chi connectivity index (χ1v) is 7.13. The van der Waals surface area contributed by atoms with Crippen molar-refractivity contribution in [1.29, 1.82) is 0 Å². The summed E-state index contributed by atoms with van der Waals surface area (Å²) < 4.78 is 0. The Kier molecular flexibility index (Phi) is 4.46. The van der Waals surface area contributed by atoms with E-state index >= 15 is 0 Å². The monoisotopic (exact) mass is 263 g/mol. The zero-order chi connectivity index (χ0) is 12.1. The quantitative estimate of drug-likeness (QED) is 0.602. The molecule has 1 unspecified atom stereocenters. The summed E-state index contributed by atoms with van der Waals surface area (Å²) in [6.45, 7) is 0. The number of hydrogen-bond acceptors (Lipinski definition) is 2. The average Bonchev–Trinajstić information content (AvgIpc) is 2.40. The van der Waals surface area contributed by atoms with Gasteiger partial charge < -0.3 is 0 Å². The summed E-state index contributed by atoms with van der Waals surface area (Å²) in [7, 11) is 0.